The van der Waals surface area contributed by atoms with Crippen LogP contribution in [0.3, 0.4) is 0 Å². The van der Waals surface area contributed by atoms with Crippen LogP contribution in [0.15, 0.2) is 36.4 Å². The Bertz CT molecular complexity index is 1120. The van der Waals surface area contributed by atoms with Crippen molar-refractivity contribution in [2.45, 2.75) is 50.7 Å². The third-order valence-corrected chi connectivity index (χ3v) is 6.63. The Morgan fingerprint density at radius 3 is 2.66 bits per heavy atom. The minimum absolute atomic E-state index is 0.154. The zero-order valence-corrected chi connectivity index (χ0v) is 17.3. The number of methoxy groups -OCH3 is 1. The van der Waals surface area contributed by atoms with Gasteiger partial charge in [-0.3, -0.25) is 0 Å². The number of aromatic nitrogens is 1. The van der Waals surface area contributed by atoms with Crippen LogP contribution in [0.1, 0.15) is 43.5 Å². The summed E-state index contributed by atoms with van der Waals surface area (Å²) in [5.74, 6) is 0.0285. The molecule has 1 aromatic heterocycles. The lowest BCUT2D eigenvalue weighted by molar-refractivity contribution is -0.187. The van der Waals surface area contributed by atoms with Crippen molar-refractivity contribution >= 4 is 10.9 Å². The number of phenolic OH excluding ortho intramolecular Hbond substituents is 1. The summed E-state index contributed by atoms with van der Waals surface area (Å²) in [6, 6.07) is 10.8. The second-order valence-electron chi connectivity index (χ2n) is 9.10. The monoisotopic (exact) mass is 395 g/mol. The number of phenols is 1. The standard InChI is InChI=1S/C24H26FNO3/c1-14-10-15(8-9-17(14)25)26-18-6-5-7-19(27)20(18)21-22(26)23(2,3)13-29-24(21)11-16(12-24)28-4/h5-10,16,27H,11-13H2,1-4H3. The zero-order chi connectivity index (χ0) is 20.6. The fraction of sp³-hybridized carbons (Fsp3) is 0.417. The lowest BCUT2D eigenvalue weighted by Gasteiger charge is -2.52. The minimum Gasteiger partial charge on any atom is -0.507 e. The number of fused-ring (bicyclic) bond motifs is 4. The highest BCUT2D eigenvalue weighted by Gasteiger charge is 2.55. The Hall–Kier alpha value is -2.37. The number of hydrogen-bond acceptors (Lipinski definition) is 3. The molecule has 0 amide bonds. The van der Waals surface area contributed by atoms with E-state index in [0.29, 0.717) is 12.2 Å². The molecule has 0 atom stereocenters. The molecule has 2 heterocycles. The van der Waals surface area contributed by atoms with Gasteiger partial charge in [0.1, 0.15) is 17.2 Å². The average Bonchev–Trinajstić information content (AvgIpc) is 3.01. The fourth-order valence-corrected chi connectivity index (χ4v) is 5.07. The lowest BCUT2D eigenvalue weighted by atomic mass is 9.67. The van der Waals surface area contributed by atoms with Crippen molar-refractivity contribution in [3.05, 3.63) is 59.0 Å². The quantitative estimate of drug-likeness (QED) is 0.657. The van der Waals surface area contributed by atoms with Crippen molar-refractivity contribution in [3.8, 4) is 11.4 Å². The second kappa shape index (κ2) is 6.07. The molecular formula is C24H26FNO3. The van der Waals surface area contributed by atoms with Gasteiger partial charge in [0, 0.05) is 47.7 Å². The maximum atomic E-state index is 14.0. The molecule has 4 nitrogen and oxygen atoms in total. The summed E-state index contributed by atoms with van der Waals surface area (Å²) in [7, 11) is 1.73. The highest BCUT2D eigenvalue weighted by atomic mass is 19.1. The van der Waals surface area contributed by atoms with Gasteiger partial charge in [0.2, 0.25) is 0 Å². The van der Waals surface area contributed by atoms with Crippen LogP contribution in [0.25, 0.3) is 16.6 Å². The highest BCUT2D eigenvalue weighted by Crippen LogP contribution is 2.57. The van der Waals surface area contributed by atoms with E-state index in [4.69, 9.17) is 9.47 Å². The van der Waals surface area contributed by atoms with E-state index < -0.39 is 5.60 Å². The molecule has 1 aliphatic heterocycles. The van der Waals surface area contributed by atoms with Gasteiger partial charge in [-0.05, 0) is 42.8 Å². The van der Waals surface area contributed by atoms with Gasteiger partial charge in [-0.1, -0.05) is 19.9 Å². The normalized spacial score (nSPS) is 25.2. The smallest absolute Gasteiger partial charge is 0.126 e. The Balaban J connectivity index is 1.88. The van der Waals surface area contributed by atoms with E-state index in [1.54, 1.807) is 20.1 Å². The van der Waals surface area contributed by atoms with E-state index in [-0.39, 0.29) is 23.1 Å². The average molecular weight is 395 g/mol. The van der Waals surface area contributed by atoms with Gasteiger partial charge in [-0.2, -0.15) is 0 Å². The number of hydrogen-bond donors (Lipinski definition) is 1. The Kier molecular flexibility index (Phi) is 3.90. The molecule has 152 valence electrons. The molecular weight excluding hydrogens is 369 g/mol. The fourth-order valence-electron chi connectivity index (χ4n) is 5.07. The molecule has 29 heavy (non-hydrogen) atoms. The van der Waals surface area contributed by atoms with Crippen LogP contribution in [-0.4, -0.2) is 29.5 Å². The van der Waals surface area contributed by atoms with E-state index in [1.165, 1.54) is 6.07 Å². The Morgan fingerprint density at radius 1 is 1.21 bits per heavy atom. The first-order valence-corrected chi connectivity index (χ1v) is 10.1. The van der Waals surface area contributed by atoms with Gasteiger partial charge >= 0.3 is 0 Å². The molecule has 0 unspecified atom stereocenters. The first-order chi connectivity index (χ1) is 13.8. The van der Waals surface area contributed by atoms with E-state index in [0.717, 1.165) is 40.7 Å². The second-order valence-corrected chi connectivity index (χ2v) is 9.10. The van der Waals surface area contributed by atoms with Crippen LogP contribution < -0.4 is 0 Å². The van der Waals surface area contributed by atoms with Crippen LogP contribution in [0.2, 0.25) is 0 Å². The number of benzene rings is 2. The van der Waals surface area contributed by atoms with E-state index in [9.17, 15) is 9.50 Å². The molecule has 5 rings (SSSR count). The zero-order valence-electron chi connectivity index (χ0n) is 17.3. The number of nitrogens with zero attached hydrogens (tertiary/aromatic N) is 1. The molecule has 1 spiro atoms. The van der Waals surface area contributed by atoms with E-state index in [1.807, 2.05) is 24.3 Å². The molecule has 2 aliphatic rings. The number of rotatable bonds is 2. The van der Waals surface area contributed by atoms with Gasteiger partial charge in [0.05, 0.1) is 18.2 Å². The lowest BCUT2D eigenvalue weighted by Crippen LogP contribution is -2.53. The topological polar surface area (TPSA) is 43.6 Å². The van der Waals surface area contributed by atoms with Crippen LogP contribution in [0.5, 0.6) is 5.75 Å². The van der Waals surface area contributed by atoms with Gasteiger partial charge in [-0.15, -0.1) is 0 Å². The third-order valence-electron chi connectivity index (χ3n) is 6.63. The largest absolute Gasteiger partial charge is 0.507 e. The number of ether oxygens (including phenoxy) is 2. The summed E-state index contributed by atoms with van der Waals surface area (Å²) in [6.45, 7) is 6.68. The molecule has 1 aliphatic carbocycles. The van der Waals surface area contributed by atoms with Crippen molar-refractivity contribution < 1.29 is 19.0 Å². The van der Waals surface area contributed by atoms with Crippen LogP contribution in [-0.2, 0) is 20.5 Å². The van der Waals surface area contributed by atoms with Gasteiger partial charge < -0.3 is 19.1 Å². The number of halogens is 1. The summed E-state index contributed by atoms with van der Waals surface area (Å²) in [5.41, 5.74) is 3.86. The van der Waals surface area contributed by atoms with Gasteiger partial charge in [0.15, 0.2) is 0 Å². The molecule has 3 aromatic rings. The molecule has 2 aromatic carbocycles. The van der Waals surface area contributed by atoms with Gasteiger partial charge in [0.25, 0.3) is 0 Å². The van der Waals surface area contributed by atoms with Gasteiger partial charge in [-0.25, -0.2) is 4.39 Å². The molecule has 1 fully saturated rings. The predicted molar refractivity (Wildman–Crippen MR) is 110 cm³/mol. The summed E-state index contributed by atoms with van der Waals surface area (Å²) < 4.78 is 28.2. The molecule has 0 bridgehead atoms. The molecule has 5 heteroatoms. The van der Waals surface area contributed by atoms with E-state index in [2.05, 4.69) is 18.4 Å². The SMILES string of the molecule is COC1CC2(C1)OCC(C)(C)c1c2c2c(O)cccc2n1-c1ccc(F)c(C)c1. The first kappa shape index (κ1) is 18.6. The van der Waals surface area contributed by atoms with Crippen LogP contribution in [0, 0.1) is 12.7 Å². The molecule has 1 N–H and O–H groups in total. The summed E-state index contributed by atoms with van der Waals surface area (Å²) >= 11 is 0. The maximum Gasteiger partial charge on any atom is 0.126 e. The van der Waals surface area contributed by atoms with Crippen molar-refractivity contribution in [1.82, 2.24) is 4.57 Å². The maximum absolute atomic E-state index is 14.0. The molecule has 0 radical (unpaired) electrons. The third kappa shape index (κ3) is 2.50. The molecule has 1 saturated carbocycles. The van der Waals surface area contributed by atoms with Crippen molar-refractivity contribution in [1.29, 1.82) is 0 Å². The molecule has 0 saturated heterocycles. The summed E-state index contributed by atoms with van der Waals surface area (Å²) in [5, 5.41) is 11.7. The van der Waals surface area contributed by atoms with Crippen molar-refractivity contribution in [2.24, 2.45) is 0 Å². The van der Waals surface area contributed by atoms with Crippen molar-refractivity contribution in [3.63, 3.8) is 0 Å². The highest BCUT2D eigenvalue weighted by molar-refractivity contribution is 5.94. The van der Waals surface area contributed by atoms with Crippen molar-refractivity contribution in [2.75, 3.05) is 13.7 Å². The predicted octanol–water partition coefficient (Wildman–Crippen LogP) is 5.10. The van der Waals surface area contributed by atoms with Crippen LogP contribution in [0.4, 0.5) is 4.39 Å². The minimum atomic E-state index is -0.455. The first-order valence-electron chi connectivity index (χ1n) is 10.1. The summed E-state index contributed by atoms with van der Waals surface area (Å²) in [6.07, 6.45) is 1.69. The Labute approximate surface area is 169 Å². The number of aromatic hydroxyl groups is 1. The number of aryl methyl sites for hydroxylation is 1. The Morgan fingerprint density at radius 2 is 1.97 bits per heavy atom. The van der Waals surface area contributed by atoms with E-state index >= 15 is 0 Å². The van der Waals surface area contributed by atoms with Crippen LogP contribution >= 0.6 is 0 Å². The summed E-state index contributed by atoms with van der Waals surface area (Å²) in [4.78, 5) is 0.